The molecule has 2 aromatic carbocycles. The minimum absolute atomic E-state index is 0.00320. The number of carbonyl (C=O) groups excluding carboxylic acids is 3. The van der Waals surface area contributed by atoms with Crippen molar-refractivity contribution in [3.05, 3.63) is 67.6 Å². The molecule has 2 aliphatic heterocycles. The number of aromatic amines is 1. The second-order valence-corrected chi connectivity index (χ2v) is 13.6. The topological polar surface area (TPSA) is 115 Å². The highest BCUT2D eigenvalue weighted by molar-refractivity contribution is 8.00. The van der Waals surface area contributed by atoms with Gasteiger partial charge in [0.25, 0.3) is 0 Å². The first-order chi connectivity index (χ1) is 20.3. The van der Waals surface area contributed by atoms with E-state index in [9.17, 15) is 19.2 Å². The molecule has 42 heavy (non-hydrogen) atoms. The molecular formula is C30H27ClN2O7S2. The minimum Gasteiger partial charge on any atom is -0.497 e. The Bertz CT molecular complexity index is 1650. The number of esters is 1. The number of H-pyrrole nitrogens is 1. The van der Waals surface area contributed by atoms with Crippen LogP contribution >= 0.6 is 34.7 Å². The van der Waals surface area contributed by atoms with Gasteiger partial charge in [0.15, 0.2) is 6.61 Å². The highest BCUT2D eigenvalue weighted by Crippen LogP contribution is 2.69. The monoisotopic (exact) mass is 626 g/mol. The molecule has 0 radical (unpaired) electrons. The third kappa shape index (κ3) is 4.19. The number of rotatable bonds is 7. The summed E-state index contributed by atoms with van der Waals surface area (Å²) in [7, 11) is 1.57. The van der Waals surface area contributed by atoms with Crippen LogP contribution in [0.15, 0.2) is 52.3 Å². The Hall–Kier alpha value is -3.28. The number of thioether (sulfide) groups is 1. The number of methoxy groups -OCH3 is 1. The maximum absolute atomic E-state index is 14.0. The van der Waals surface area contributed by atoms with Crippen molar-refractivity contribution >= 4 is 58.2 Å². The third-order valence-electron chi connectivity index (χ3n) is 9.01. The molecule has 4 aliphatic rings. The Labute approximate surface area is 254 Å². The van der Waals surface area contributed by atoms with Gasteiger partial charge in [-0.1, -0.05) is 22.9 Å². The number of benzene rings is 2. The van der Waals surface area contributed by atoms with Crippen LogP contribution in [0.2, 0.25) is 5.02 Å². The lowest BCUT2D eigenvalue weighted by molar-refractivity contribution is -0.145. The summed E-state index contributed by atoms with van der Waals surface area (Å²) >= 11 is 9.26. The van der Waals surface area contributed by atoms with Crippen LogP contribution in [0.3, 0.4) is 0 Å². The van der Waals surface area contributed by atoms with E-state index in [1.54, 1.807) is 62.2 Å². The smallest absolute Gasteiger partial charge is 0.344 e. The van der Waals surface area contributed by atoms with Gasteiger partial charge < -0.3 is 19.2 Å². The number of anilines is 1. The fourth-order valence-corrected chi connectivity index (χ4v) is 10.6. The molecule has 1 saturated heterocycles. The number of thiazole rings is 1. The number of carbonyl (C=O) groups is 3. The zero-order valence-electron chi connectivity index (χ0n) is 22.7. The zero-order chi connectivity index (χ0) is 29.3. The molecule has 7 rings (SSSR count). The van der Waals surface area contributed by atoms with Crippen LogP contribution in [0.5, 0.6) is 11.5 Å². The Morgan fingerprint density at radius 2 is 1.81 bits per heavy atom. The molecule has 12 heteroatoms. The molecule has 3 fully saturated rings. The lowest BCUT2D eigenvalue weighted by Crippen LogP contribution is -2.42. The van der Waals surface area contributed by atoms with E-state index in [4.69, 9.17) is 25.8 Å². The van der Waals surface area contributed by atoms with Crippen LogP contribution in [0, 0.1) is 29.6 Å². The average molecular weight is 627 g/mol. The van der Waals surface area contributed by atoms with Gasteiger partial charge in [0.2, 0.25) is 11.8 Å². The van der Waals surface area contributed by atoms with E-state index >= 15 is 0 Å². The Balaban J connectivity index is 1.29. The molecule has 1 N–H and O–H groups in total. The molecule has 218 valence electrons. The first kappa shape index (κ1) is 27.5. The van der Waals surface area contributed by atoms with E-state index in [0.717, 1.165) is 33.2 Å². The molecular weight excluding hydrogens is 600 g/mol. The molecule has 2 saturated carbocycles. The number of nitrogens with one attached hydrogen (secondary N) is 1. The van der Waals surface area contributed by atoms with Crippen molar-refractivity contribution in [2.45, 2.75) is 29.5 Å². The summed E-state index contributed by atoms with van der Waals surface area (Å²) in [6, 6.07) is 12.2. The van der Waals surface area contributed by atoms with Crippen LogP contribution in [-0.2, 0) is 19.1 Å². The third-order valence-corrected chi connectivity index (χ3v) is 11.8. The van der Waals surface area contributed by atoms with Crippen molar-refractivity contribution in [3.8, 4) is 11.5 Å². The van der Waals surface area contributed by atoms with Gasteiger partial charge in [-0.25, -0.2) is 4.79 Å². The summed E-state index contributed by atoms with van der Waals surface area (Å²) in [5, 5.41) is 1.27. The van der Waals surface area contributed by atoms with Crippen molar-refractivity contribution < 1.29 is 28.6 Å². The highest BCUT2D eigenvalue weighted by Gasteiger charge is 2.69. The molecule has 2 bridgehead atoms. The molecule has 3 heterocycles. The molecule has 3 aromatic rings. The quantitative estimate of drug-likeness (QED) is 0.296. The zero-order valence-corrected chi connectivity index (χ0v) is 25.1. The van der Waals surface area contributed by atoms with Crippen molar-refractivity contribution in [2.24, 2.45) is 29.6 Å². The first-order valence-electron chi connectivity index (χ1n) is 13.8. The molecule has 2 amide bonds. The Morgan fingerprint density at radius 3 is 2.52 bits per heavy atom. The molecule has 0 spiro atoms. The van der Waals surface area contributed by atoms with Crippen LogP contribution in [0.1, 0.15) is 29.7 Å². The van der Waals surface area contributed by atoms with E-state index in [0.29, 0.717) is 22.2 Å². The molecule has 6 unspecified atom stereocenters. The second kappa shape index (κ2) is 10.5. The standard InChI is InChI=1S/C30H27ClN2O7S2/c1-3-39-20(34)12-40-19-9-4-13(31)10-16(19)21-22-17-11-18(25(22)41-27-26(21)42-30(37)32-27)24-23(17)28(35)33(29(24)36)14-5-7-15(38-2)8-6-14/h4-10,17-18,21-25H,3,11-12H2,1-2H3,(H,32,37)/t17?,18?,21-,22?,23?,24?,25?/m1/s1. The van der Waals surface area contributed by atoms with Gasteiger partial charge in [-0.15, -0.1) is 11.8 Å². The molecule has 7 atom stereocenters. The van der Waals surface area contributed by atoms with Crippen LogP contribution in [0.4, 0.5) is 5.69 Å². The molecule has 1 aromatic heterocycles. The van der Waals surface area contributed by atoms with Crippen molar-refractivity contribution in [1.82, 2.24) is 4.98 Å². The maximum atomic E-state index is 14.0. The van der Waals surface area contributed by atoms with E-state index in [1.807, 2.05) is 6.07 Å². The number of aromatic nitrogens is 1. The number of ether oxygens (including phenoxy) is 3. The van der Waals surface area contributed by atoms with E-state index in [1.165, 1.54) is 4.90 Å². The lowest BCUT2D eigenvalue weighted by Gasteiger charge is -2.43. The summed E-state index contributed by atoms with van der Waals surface area (Å²) in [4.78, 5) is 57.6. The van der Waals surface area contributed by atoms with Gasteiger partial charge in [0.1, 0.15) is 11.5 Å². The normalized spacial score (nSPS) is 28.8. The van der Waals surface area contributed by atoms with E-state index < -0.39 is 17.8 Å². The maximum Gasteiger partial charge on any atom is 0.344 e. The van der Waals surface area contributed by atoms with Gasteiger partial charge in [0, 0.05) is 26.6 Å². The van der Waals surface area contributed by atoms with Crippen molar-refractivity contribution in [1.29, 1.82) is 0 Å². The number of imide groups is 1. The number of hydrogen-bond donors (Lipinski definition) is 1. The highest BCUT2D eigenvalue weighted by atomic mass is 35.5. The summed E-state index contributed by atoms with van der Waals surface area (Å²) in [6.07, 6.45) is 0.751. The predicted octanol–water partition coefficient (Wildman–Crippen LogP) is 4.72. The van der Waals surface area contributed by atoms with Crippen LogP contribution in [0.25, 0.3) is 0 Å². The van der Waals surface area contributed by atoms with Gasteiger partial charge >= 0.3 is 10.8 Å². The van der Waals surface area contributed by atoms with E-state index in [2.05, 4.69) is 4.98 Å². The van der Waals surface area contributed by atoms with Crippen LogP contribution < -0.4 is 19.2 Å². The Kier molecular flexibility index (Phi) is 6.86. The summed E-state index contributed by atoms with van der Waals surface area (Å²) in [5.41, 5.74) is 1.30. The fraction of sp³-hybridized carbons (Fsp3) is 0.400. The van der Waals surface area contributed by atoms with Crippen molar-refractivity contribution in [2.75, 3.05) is 25.2 Å². The lowest BCUT2D eigenvalue weighted by atomic mass is 9.68. The van der Waals surface area contributed by atoms with Gasteiger partial charge in [0.05, 0.1) is 36.3 Å². The summed E-state index contributed by atoms with van der Waals surface area (Å²) < 4.78 is 16.3. The fourth-order valence-electron chi connectivity index (χ4n) is 7.58. The minimum atomic E-state index is -0.487. The molecule has 9 nitrogen and oxygen atoms in total. The van der Waals surface area contributed by atoms with Crippen molar-refractivity contribution in [3.63, 3.8) is 0 Å². The van der Waals surface area contributed by atoms with Crippen LogP contribution in [-0.4, -0.2) is 48.3 Å². The van der Waals surface area contributed by atoms with E-state index in [-0.39, 0.29) is 58.8 Å². The number of amides is 2. The number of halogens is 1. The summed E-state index contributed by atoms with van der Waals surface area (Å²) in [5.74, 6) is -1.03. The average Bonchev–Trinajstić information content (AvgIpc) is 3.71. The number of nitrogens with zero attached hydrogens (tertiary/aromatic N) is 1. The molecule has 2 aliphatic carbocycles. The van der Waals surface area contributed by atoms with Gasteiger partial charge in [-0.2, -0.15) is 0 Å². The summed E-state index contributed by atoms with van der Waals surface area (Å²) in [6.45, 7) is 1.70. The number of fused-ring (bicyclic) bond motifs is 9. The number of hydrogen-bond acceptors (Lipinski definition) is 9. The SMILES string of the molecule is CCOC(=O)COc1ccc(Cl)cc1[C@H]1c2sc(=O)[nH]c2SC2C3CC(C4C(=O)N(c5ccc(OC)cc5)C(=O)C34)C21. The Morgan fingerprint density at radius 1 is 1.07 bits per heavy atom. The van der Waals surface area contributed by atoms with Gasteiger partial charge in [-0.3, -0.25) is 19.3 Å². The largest absolute Gasteiger partial charge is 0.497 e. The predicted molar refractivity (Wildman–Crippen MR) is 158 cm³/mol. The first-order valence-corrected chi connectivity index (χ1v) is 15.9. The second-order valence-electron chi connectivity index (χ2n) is 10.9. The van der Waals surface area contributed by atoms with Gasteiger partial charge in [-0.05, 0) is 73.6 Å².